The molecule has 1 heterocycles. The molecule has 19 heavy (non-hydrogen) atoms. The average molecular weight is 277 g/mol. The van der Waals surface area contributed by atoms with Crippen molar-refractivity contribution in [1.82, 2.24) is 10.3 Å². The lowest BCUT2D eigenvalue weighted by Gasteiger charge is -2.14. The molecule has 0 aliphatic carbocycles. The maximum absolute atomic E-state index is 11.9. The Bertz CT molecular complexity index is 583. The van der Waals surface area contributed by atoms with E-state index in [1.54, 1.807) is 12.5 Å². The highest BCUT2D eigenvalue weighted by Gasteiger charge is 2.14. The number of nitrogen functional groups attached to an aromatic ring is 1. The minimum atomic E-state index is -0.233. The van der Waals surface area contributed by atoms with E-state index in [4.69, 9.17) is 10.5 Å². The largest absolute Gasteiger partial charge is 0.497 e. The van der Waals surface area contributed by atoms with E-state index in [1.807, 2.05) is 31.2 Å². The summed E-state index contributed by atoms with van der Waals surface area (Å²) in [5.41, 5.74) is 6.82. The number of nitrogens with zero attached hydrogens (tertiary/aromatic N) is 1. The lowest BCUT2D eigenvalue weighted by molar-refractivity contribution is 0.0935. The van der Waals surface area contributed by atoms with Crippen LogP contribution in [0.25, 0.3) is 0 Å². The number of carbonyl (C=O) groups is 1. The summed E-state index contributed by atoms with van der Waals surface area (Å²) in [7, 11) is 1.61. The molecular weight excluding hydrogens is 262 g/mol. The number of ether oxygens (including phenoxy) is 1. The molecule has 0 radical (unpaired) electrons. The van der Waals surface area contributed by atoms with Crippen molar-refractivity contribution in [3.8, 4) is 5.75 Å². The highest BCUT2D eigenvalue weighted by atomic mass is 32.1. The van der Waals surface area contributed by atoms with Crippen LogP contribution in [0.2, 0.25) is 0 Å². The van der Waals surface area contributed by atoms with Crippen molar-refractivity contribution in [2.24, 2.45) is 0 Å². The van der Waals surface area contributed by atoms with Crippen molar-refractivity contribution in [1.29, 1.82) is 0 Å². The van der Waals surface area contributed by atoms with Crippen LogP contribution < -0.4 is 15.8 Å². The number of aromatic nitrogens is 1. The maximum Gasteiger partial charge on any atom is 0.271 e. The number of methoxy groups -OCH3 is 1. The average Bonchev–Trinajstić information content (AvgIpc) is 2.85. The first-order chi connectivity index (χ1) is 9.10. The number of rotatable bonds is 4. The fourth-order valence-corrected chi connectivity index (χ4v) is 2.20. The van der Waals surface area contributed by atoms with Gasteiger partial charge in [0.15, 0.2) is 5.13 Å². The molecule has 0 spiro atoms. The second kappa shape index (κ2) is 5.71. The molecule has 1 atom stereocenters. The Kier molecular flexibility index (Phi) is 4.01. The molecule has 0 saturated heterocycles. The van der Waals surface area contributed by atoms with Gasteiger partial charge in [-0.2, -0.15) is 0 Å². The van der Waals surface area contributed by atoms with Crippen LogP contribution >= 0.6 is 11.3 Å². The Morgan fingerprint density at radius 2 is 2.32 bits per heavy atom. The van der Waals surface area contributed by atoms with Gasteiger partial charge in [0.05, 0.1) is 13.2 Å². The van der Waals surface area contributed by atoms with Gasteiger partial charge in [-0.05, 0) is 24.6 Å². The molecular formula is C13H15N3O2S. The molecule has 0 bridgehead atoms. The molecule has 0 fully saturated rings. The van der Waals surface area contributed by atoms with Crippen molar-refractivity contribution < 1.29 is 9.53 Å². The molecule has 1 aromatic heterocycles. The zero-order valence-corrected chi connectivity index (χ0v) is 11.5. The summed E-state index contributed by atoms with van der Waals surface area (Å²) in [4.78, 5) is 15.9. The molecule has 5 nitrogen and oxygen atoms in total. The first-order valence-corrected chi connectivity index (χ1v) is 6.64. The standard InChI is InChI=1S/C13H15N3O2S/c1-8(9-4-3-5-10(6-9)18-2)15-12(17)11-7-19-13(14)16-11/h3-8H,1-2H3,(H2,14,16)(H,15,17)/t8-/m0/s1. The van der Waals surface area contributed by atoms with Crippen LogP contribution in [0.3, 0.4) is 0 Å². The summed E-state index contributed by atoms with van der Waals surface area (Å²) in [6.07, 6.45) is 0. The van der Waals surface area contributed by atoms with E-state index >= 15 is 0 Å². The number of anilines is 1. The van der Waals surface area contributed by atoms with Crippen molar-refractivity contribution >= 4 is 22.4 Å². The zero-order chi connectivity index (χ0) is 13.8. The highest BCUT2D eigenvalue weighted by molar-refractivity contribution is 7.13. The number of nitrogens with two attached hydrogens (primary N) is 1. The van der Waals surface area contributed by atoms with Crippen molar-refractivity contribution in [3.63, 3.8) is 0 Å². The van der Waals surface area contributed by atoms with E-state index in [-0.39, 0.29) is 11.9 Å². The molecule has 0 unspecified atom stereocenters. The van der Waals surface area contributed by atoms with E-state index in [9.17, 15) is 4.79 Å². The van der Waals surface area contributed by atoms with Crippen molar-refractivity contribution in [2.75, 3.05) is 12.8 Å². The smallest absolute Gasteiger partial charge is 0.271 e. The third kappa shape index (κ3) is 3.23. The summed E-state index contributed by atoms with van der Waals surface area (Å²) in [6.45, 7) is 1.91. The lowest BCUT2D eigenvalue weighted by Crippen LogP contribution is -2.26. The molecule has 0 saturated carbocycles. The molecule has 6 heteroatoms. The second-order valence-corrected chi connectivity index (χ2v) is 4.93. The monoisotopic (exact) mass is 277 g/mol. The number of amides is 1. The molecule has 1 aromatic carbocycles. The van der Waals surface area contributed by atoms with Gasteiger partial charge in [0.2, 0.25) is 0 Å². The van der Waals surface area contributed by atoms with Gasteiger partial charge in [0.1, 0.15) is 11.4 Å². The van der Waals surface area contributed by atoms with E-state index in [2.05, 4.69) is 10.3 Å². The third-order valence-electron chi connectivity index (χ3n) is 2.70. The minimum Gasteiger partial charge on any atom is -0.497 e. The molecule has 3 N–H and O–H groups in total. The van der Waals surface area contributed by atoms with Gasteiger partial charge in [-0.15, -0.1) is 11.3 Å². The first kappa shape index (κ1) is 13.4. The fraction of sp³-hybridized carbons (Fsp3) is 0.231. The van der Waals surface area contributed by atoms with Gasteiger partial charge < -0.3 is 15.8 Å². The van der Waals surface area contributed by atoms with Gasteiger partial charge in [-0.25, -0.2) is 4.98 Å². The summed E-state index contributed by atoms with van der Waals surface area (Å²) in [5, 5.41) is 4.90. The Labute approximate surface area is 115 Å². The topological polar surface area (TPSA) is 77.2 Å². The first-order valence-electron chi connectivity index (χ1n) is 5.76. The summed E-state index contributed by atoms with van der Waals surface area (Å²) in [6, 6.07) is 7.44. The summed E-state index contributed by atoms with van der Waals surface area (Å²) < 4.78 is 5.16. The molecule has 1 amide bonds. The third-order valence-corrected chi connectivity index (χ3v) is 3.37. The van der Waals surface area contributed by atoms with Crippen LogP contribution in [0.5, 0.6) is 5.75 Å². The second-order valence-electron chi connectivity index (χ2n) is 4.04. The molecule has 2 rings (SSSR count). The van der Waals surface area contributed by atoms with Gasteiger partial charge in [-0.3, -0.25) is 4.79 Å². The number of benzene rings is 1. The summed E-state index contributed by atoms with van der Waals surface area (Å²) in [5.74, 6) is 0.528. The maximum atomic E-state index is 11.9. The minimum absolute atomic E-state index is 0.134. The molecule has 100 valence electrons. The number of hydrogen-bond donors (Lipinski definition) is 2. The number of hydrogen-bond acceptors (Lipinski definition) is 5. The fourth-order valence-electron chi connectivity index (χ4n) is 1.66. The van der Waals surface area contributed by atoms with Crippen LogP contribution in [0.4, 0.5) is 5.13 Å². The quantitative estimate of drug-likeness (QED) is 0.898. The Balaban J connectivity index is 2.08. The Morgan fingerprint density at radius 3 is 2.95 bits per heavy atom. The number of thiazole rings is 1. The molecule has 0 aliphatic rings. The zero-order valence-electron chi connectivity index (χ0n) is 10.7. The van der Waals surface area contributed by atoms with Crippen LogP contribution in [0.15, 0.2) is 29.6 Å². The van der Waals surface area contributed by atoms with Gasteiger partial charge >= 0.3 is 0 Å². The van der Waals surface area contributed by atoms with Gasteiger partial charge in [0.25, 0.3) is 5.91 Å². The van der Waals surface area contributed by atoms with Crippen LogP contribution in [-0.4, -0.2) is 18.0 Å². The number of nitrogens with one attached hydrogen (secondary N) is 1. The van der Waals surface area contributed by atoms with Gasteiger partial charge in [0, 0.05) is 5.38 Å². The van der Waals surface area contributed by atoms with Crippen molar-refractivity contribution in [2.45, 2.75) is 13.0 Å². The SMILES string of the molecule is COc1cccc([C@H](C)NC(=O)c2csc(N)n2)c1. The Hall–Kier alpha value is -2.08. The van der Waals surface area contributed by atoms with Crippen LogP contribution in [-0.2, 0) is 0 Å². The normalized spacial score (nSPS) is 11.9. The number of carbonyl (C=O) groups excluding carboxylic acids is 1. The van der Waals surface area contributed by atoms with Crippen LogP contribution in [0, 0.1) is 0 Å². The molecule has 2 aromatic rings. The van der Waals surface area contributed by atoms with Crippen LogP contribution in [0.1, 0.15) is 29.0 Å². The van der Waals surface area contributed by atoms with E-state index in [1.165, 1.54) is 11.3 Å². The Morgan fingerprint density at radius 1 is 1.53 bits per heavy atom. The van der Waals surface area contributed by atoms with E-state index in [0.29, 0.717) is 10.8 Å². The van der Waals surface area contributed by atoms with Gasteiger partial charge in [-0.1, -0.05) is 12.1 Å². The predicted molar refractivity (Wildman–Crippen MR) is 75.4 cm³/mol. The summed E-state index contributed by atoms with van der Waals surface area (Å²) >= 11 is 1.25. The predicted octanol–water partition coefficient (Wildman–Crippen LogP) is 2.22. The lowest BCUT2D eigenvalue weighted by atomic mass is 10.1. The highest BCUT2D eigenvalue weighted by Crippen LogP contribution is 2.19. The van der Waals surface area contributed by atoms with E-state index < -0.39 is 0 Å². The van der Waals surface area contributed by atoms with Crippen molar-refractivity contribution in [3.05, 3.63) is 40.9 Å². The van der Waals surface area contributed by atoms with E-state index in [0.717, 1.165) is 11.3 Å². The molecule has 0 aliphatic heterocycles.